The van der Waals surface area contributed by atoms with Crippen molar-refractivity contribution in [2.45, 2.75) is 45.2 Å². The second-order valence-electron chi connectivity index (χ2n) is 4.52. The average Bonchev–Trinajstić information content (AvgIpc) is 2.15. The number of nitrogens with one attached hydrogen (secondary N) is 1. The van der Waals surface area contributed by atoms with E-state index in [1.165, 1.54) is 0 Å². The number of nitrogens with two attached hydrogens (primary N) is 1. The van der Waals surface area contributed by atoms with Crippen LogP contribution in [-0.2, 0) is 16.6 Å². The quantitative estimate of drug-likeness (QED) is 0.856. The molecule has 4 nitrogen and oxygen atoms in total. The number of sulfonamides is 1. The molecule has 0 bridgehead atoms. The van der Waals surface area contributed by atoms with Crippen LogP contribution in [-0.4, -0.2) is 14.5 Å². The molecule has 17 heavy (non-hydrogen) atoms. The molecule has 0 unspecified atom stereocenters. The van der Waals surface area contributed by atoms with Crippen molar-refractivity contribution in [2.24, 2.45) is 5.73 Å². The van der Waals surface area contributed by atoms with Gasteiger partial charge in [0, 0.05) is 12.6 Å². The Bertz CT molecular complexity index is 507. The van der Waals surface area contributed by atoms with Gasteiger partial charge in [-0.1, -0.05) is 6.07 Å². The predicted octanol–water partition coefficient (Wildman–Crippen LogP) is 1.45. The SMILES string of the molecule is Cc1cc(C)c(S(=O)(=O)NC(C)C)cc1CN. The van der Waals surface area contributed by atoms with Gasteiger partial charge in [-0.25, -0.2) is 13.1 Å². The summed E-state index contributed by atoms with van der Waals surface area (Å²) < 4.78 is 26.8. The van der Waals surface area contributed by atoms with Crippen LogP contribution in [0.1, 0.15) is 30.5 Å². The molecule has 0 radical (unpaired) electrons. The van der Waals surface area contributed by atoms with Gasteiger partial charge in [0.25, 0.3) is 0 Å². The highest BCUT2D eigenvalue weighted by atomic mass is 32.2. The molecular formula is C12H20N2O2S. The average molecular weight is 256 g/mol. The minimum Gasteiger partial charge on any atom is -0.326 e. The molecule has 1 rings (SSSR count). The van der Waals surface area contributed by atoms with Crippen molar-refractivity contribution in [1.82, 2.24) is 4.72 Å². The summed E-state index contributed by atoms with van der Waals surface area (Å²) in [5.74, 6) is 0. The van der Waals surface area contributed by atoms with Crippen molar-refractivity contribution in [1.29, 1.82) is 0 Å². The highest BCUT2D eigenvalue weighted by molar-refractivity contribution is 7.89. The summed E-state index contributed by atoms with van der Waals surface area (Å²) in [6, 6.07) is 3.40. The zero-order valence-electron chi connectivity index (χ0n) is 10.7. The van der Waals surface area contributed by atoms with Crippen molar-refractivity contribution in [3.8, 4) is 0 Å². The van der Waals surface area contributed by atoms with Crippen molar-refractivity contribution in [3.05, 3.63) is 28.8 Å². The van der Waals surface area contributed by atoms with Crippen molar-refractivity contribution in [3.63, 3.8) is 0 Å². The first-order valence-electron chi connectivity index (χ1n) is 5.60. The van der Waals surface area contributed by atoms with E-state index in [0.29, 0.717) is 11.4 Å². The number of benzene rings is 1. The fourth-order valence-electron chi connectivity index (χ4n) is 1.76. The topological polar surface area (TPSA) is 72.2 Å². The van der Waals surface area contributed by atoms with Crippen molar-refractivity contribution >= 4 is 10.0 Å². The Morgan fingerprint density at radius 3 is 2.29 bits per heavy atom. The van der Waals surface area contributed by atoms with Crippen LogP contribution in [0.3, 0.4) is 0 Å². The monoisotopic (exact) mass is 256 g/mol. The Morgan fingerprint density at radius 1 is 1.24 bits per heavy atom. The third kappa shape index (κ3) is 3.28. The minimum atomic E-state index is -3.45. The summed E-state index contributed by atoms with van der Waals surface area (Å²) in [4.78, 5) is 0.317. The predicted molar refractivity (Wildman–Crippen MR) is 69.3 cm³/mol. The number of hydrogen-bond donors (Lipinski definition) is 2. The second kappa shape index (κ2) is 5.16. The highest BCUT2D eigenvalue weighted by Crippen LogP contribution is 2.20. The van der Waals surface area contributed by atoms with Crippen LogP contribution < -0.4 is 10.5 Å². The molecule has 0 saturated heterocycles. The van der Waals surface area contributed by atoms with Crippen LogP contribution >= 0.6 is 0 Å². The first kappa shape index (κ1) is 14.2. The zero-order valence-corrected chi connectivity index (χ0v) is 11.6. The summed E-state index contributed by atoms with van der Waals surface area (Å²) in [6.45, 7) is 7.66. The van der Waals surface area contributed by atoms with Crippen LogP contribution in [0.15, 0.2) is 17.0 Å². The molecule has 1 aromatic carbocycles. The lowest BCUT2D eigenvalue weighted by atomic mass is 10.1. The van der Waals surface area contributed by atoms with Crippen molar-refractivity contribution in [2.75, 3.05) is 0 Å². The number of hydrogen-bond acceptors (Lipinski definition) is 3. The molecular weight excluding hydrogens is 236 g/mol. The maximum atomic E-state index is 12.1. The van der Waals surface area contributed by atoms with E-state index >= 15 is 0 Å². The maximum Gasteiger partial charge on any atom is 0.241 e. The molecule has 0 atom stereocenters. The van der Waals surface area contributed by atoms with Gasteiger partial charge < -0.3 is 5.73 Å². The lowest BCUT2D eigenvalue weighted by Crippen LogP contribution is -2.30. The van der Waals surface area contributed by atoms with E-state index in [4.69, 9.17) is 5.73 Å². The first-order valence-corrected chi connectivity index (χ1v) is 7.08. The molecule has 0 aliphatic rings. The van der Waals surface area contributed by atoms with Gasteiger partial charge in [-0.3, -0.25) is 0 Å². The molecule has 0 aliphatic carbocycles. The maximum absolute atomic E-state index is 12.1. The lowest BCUT2D eigenvalue weighted by Gasteiger charge is -2.14. The molecule has 5 heteroatoms. The normalized spacial score (nSPS) is 12.1. The summed E-state index contributed by atoms with van der Waals surface area (Å²) in [6.07, 6.45) is 0. The van der Waals surface area contributed by atoms with Gasteiger partial charge in [-0.05, 0) is 50.5 Å². The van der Waals surface area contributed by atoms with E-state index in [-0.39, 0.29) is 6.04 Å². The van der Waals surface area contributed by atoms with E-state index in [0.717, 1.165) is 16.7 Å². The molecule has 1 aromatic rings. The van der Waals surface area contributed by atoms with Gasteiger partial charge in [-0.15, -0.1) is 0 Å². The Kier molecular flexibility index (Phi) is 4.30. The zero-order chi connectivity index (χ0) is 13.2. The Balaban J connectivity index is 3.31. The summed E-state index contributed by atoms with van der Waals surface area (Å²) >= 11 is 0. The molecule has 0 fully saturated rings. The molecule has 96 valence electrons. The molecule has 0 aliphatic heterocycles. The molecule has 0 aromatic heterocycles. The summed E-state index contributed by atoms with van der Waals surface area (Å²) in [5.41, 5.74) is 8.22. The van der Waals surface area contributed by atoms with E-state index in [2.05, 4.69) is 4.72 Å². The molecule has 0 spiro atoms. The Hall–Kier alpha value is -0.910. The lowest BCUT2D eigenvalue weighted by molar-refractivity contribution is 0.569. The van der Waals surface area contributed by atoms with Gasteiger partial charge in [0.05, 0.1) is 4.90 Å². The fourth-order valence-corrected chi connectivity index (χ4v) is 3.29. The smallest absolute Gasteiger partial charge is 0.241 e. The molecule has 0 amide bonds. The molecule has 0 saturated carbocycles. The number of aryl methyl sites for hydroxylation is 2. The summed E-state index contributed by atoms with van der Waals surface area (Å²) in [7, 11) is -3.45. The van der Waals surface area contributed by atoms with Crippen LogP contribution in [0.2, 0.25) is 0 Å². The summed E-state index contributed by atoms with van der Waals surface area (Å²) in [5, 5.41) is 0. The molecule has 3 N–H and O–H groups in total. The van der Waals surface area contributed by atoms with Gasteiger partial charge in [0.2, 0.25) is 10.0 Å². The van der Waals surface area contributed by atoms with Crippen LogP contribution in [0.5, 0.6) is 0 Å². The standard InChI is InChI=1S/C12H20N2O2S/c1-8(2)14-17(15,16)12-6-11(7-13)9(3)5-10(12)4/h5-6,8,14H,7,13H2,1-4H3. The fraction of sp³-hybridized carbons (Fsp3) is 0.500. The Labute approximate surface area is 103 Å². The van der Waals surface area contributed by atoms with Gasteiger partial charge >= 0.3 is 0 Å². The van der Waals surface area contributed by atoms with Gasteiger partial charge in [-0.2, -0.15) is 0 Å². The third-order valence-electron chi connectivity index (χ3n) is 2.53. The van der Waals surface area contributed by atoms with E-state index < -0.39 is 10.0 Å². The molecule has 0 heterocycles. The van der Waals surface area contributed by atoms with Crippen molar-refractivity contribution < 1.29 is 8.42 Å². The number of rotatable bonds is 4. The minimum absolute atomic E-state index is 0.123. The largest absolute Gasteiger partial charge is 0.326 e. The third-order valence-corrected chi connectivity index (χ3v) is 4.33. The first-order chi connectivity index (χ1) is 7.77. The highest BCUT2D eigenvalue weighted by Gasteiger charge is 2.18. The second-order valence-corrected chi connectivity index (χ2v) is 6.21. The van der Waals surface area contributed by atoms with Crippen LogP contribution in [0.25, 0.3) is 0 Å². The van der Waals surface area contributed by atoms with Gasteiger partial charge in [0.1, 0.15) is 0 Å². The van der Waals surface area contributed by atoms with E-state index in [9.17, 15) is 8.42 Å². The van der Waals surface area contributed by atoms with Gasteiger partial charge in [0.15, 0.2) is 0 Å². The van der Waals surface area contributed by atoms with Crippen LogP contribution in [0.4, 0.5) is 0 Å². The Morgan fingerprint density at radius 2 is 1.82 bits per heavy atom. The van der Waals surface area contributed by atoms with E-state index in [1.54, 1.807) is 26.8 Å². The van der Waals surface area contributed by atoms with Crippen LogP contribution in [0, 0.1) is 13.8 Å². The van der Waals surface area contributed by atoms with E-state index in [1.807, 2.05) is 13.0 Å².